The minimum Gasteiger partial charge on any atom is -0.310 e. The molecule has 0 unspecified atom stereocenters. The molecule has 19 heavy (non-hydrogen) atoms. The highest BCUT2D eigenvalue weighted by atomic mass is 19.1. The van der Waals surface area contributed by atoms with Crippen LogP contribution in [0.15, 0.2) is 16.9 Å². The molecule has 1 N–H and O–H groups in total. The third-order valence-corrected chi connectivity index (χ3v) is 3.74. The molecule has 1 fully saturated rings. The number of nitrogens with one attached hydrogen (secondary N) is 1. The van der Waals surface area contributed by atoms with Crippen molar-refractivity contribution < 1.29 is 8.78 Å². The van der Waals surface area contributed by atoms with Crippen molar-refractivity contribution in [1.82, 2.24) is 9.97 Å². The molecule has 1 saturated carbocycles. The topological polar surface area (TPSA) is 45.8 Å². The summed E-state index contributed by atoms with van der Waals surface area (Å²) in [5, 5.41) is -0.166. The lowest BCUT2D eigenvalue weighted by Gasteiger charge is -2.20. The Balaban J connectivity index is 2.15. The summed E-state index contributed by atoms with van der Waals surface area (Å²) >= 11 is 0. The average Bonchev–Trinajstić information content (AvgIpc) is 2.38. The lowest BCUT2D eigenvalue weighted by atomic mass is 9.88. The highest BCUT2D eigenvalue weighted by molar-refractivity contribution is 5.78. The Bertz CT molecular complexity index is 675. The molecule has 0 bridgehead atoms. The quantitative estimate of drug-likeness (QED) is 0.859. The van der Waals surface area contributed by atoms with Gasteiger partial charge in [0.2, 0.25) is 0 Å². The molecule has 5 heteroatoms. The van der Waals surface area contributed by atoms with Gasteiger partial charge in [-0.1, -0.05) is 19.3 Å². The van der Waals surface area contributed by atoms with Crippen LogP contribution in [0.4, 0.5) is 8.78 Å². The van der Waals surface area contributed by atoms with Crippen molar-refractivity contribution in [2.75, 3.05) is 0 Å². The Labute approximate surface area is 108 Å². The first-order valence-corrected chi connectivity index (χ1v) is 6.54. The molecule has 1 aliphatic carbocycles. The maximum Gasteiger partial charge on any atom is 0.261 e. The largest absolute Gasteiger partial charge is 0.310 e. The van der Waals surface area contributed by atoms with Gasteiger partial charge in [0.05, 0.1) is 5.52 Å². The zero-order chi connectivity index (χ0) is 13.4. The van der Waals surface area contributed by atoms with E-state index in [2.05, 4.69) is 9.97 Å². The van der Waals surface area contributed by atoms with Gasteiger partial charge in [0, 0.05) is 18.1 Å². The number of aromatic amines is 1. The Morgan fingerprint density at radius 3 is 2.63 bits per heavy atom. The smallest absolute Gasteiger partial charge is 0.261 e. The van der Waals surface area contributed by atoms with E-state index in [9.17, 15) is 13.6 Å². The van der Waals surface area contributed by atoms with Crippen LogP contribution < -0.4 is 5.56 Å². The predicted octanol–water partition coefficient (Wildman–Crippen LogP) is 3.25. The number of benzene rings is 1. The van der Waals surface area contributed by atoms with E-state index >= 15 is 0 Å². The summed E-state index contributed by atoms with van der Waals surface area (Å²) < 4.78 is 26.8. The number of H-pyrrole nitrogens is 1. The van der Waals surface area contributed by atoms with Gasteiger partial charge in [0.15, 0.2) is 0 Å². The zero-order valence-corrected chi connectivity index (χ0v) is 10.4. The van der Waals surface area contributed by atoms with Crippen LogP contribution in [0.1, 0.15) is 43.8 Å². The van der Waals surface area contributed by atoms with E-state index < -0.39 is 17.2 Å². The first kappa shape index (κ1) is 12.3. The van der Waals surface area contributed by atoms with Gasteiger partial charge in [0.1, 0.15) is 22.8 Å². The maximum absolute atomic E-state index is 13.6. The molecular weight excluding hydrogens is 250 g/mol. The van der Waals surface area contributed by atoms with Crippen LogP contribution in [0, 0.1) is 11.6 Å². The molecule has 0 spiro atoms. The van der Waals surface area contributed by atoms with E-state index in [1.807, 2.05) is 0 Å². The Morgan fingerprint density at radius 2 is 1.89 bits per heavy atom. The fraction of sp³-hybridized carbons (Fsp3) is 0.429. The normalized spacial score (nSPS) is 16.9. The van der Waals surface area contributed by atoms with Gasteiger partial charge in [-0.25, -0.2) is 13.8 Å². The van der Waals surface area contributed by atoms with E-state index in [4.69, 9.17) is 0 Å². The summed E-state index contributed by atoms with van der Waals surface area (Å²) in [6.07, 6.45) is 5.32. The maximum atomic E-state index is 13.6. The number of halogens is 2. The predicted molar refractivity (Wildman–Crippen MR) is 68.1 cm³/mol. The van der Waals surface area contributed by atoms with Crippen molar-refractivity contribution >= 4 is 10.9 Å². The van der Waals surface area contributed by atoms with Crippen molar-refractivity contribution in [1.29, 1.82) is 0 Å². The number of nitrogens with zero attached hydrogens (tertiary/aromatic N) is 1. The first-order chi connectivity index (χ1) is 9.15. The first-order valence-electron chi connectivity index (χ1n) is 6.54. The lowest BCUT2D eigenvalue weighted by Crippen LogP contribution is -2.17. The molecule has 0 radical (unpaired) electrons. The fourth-order valence-electron chi connectivity index (χ4n) is 2.78. The minimum absolute atomic E-state index is 0.0989. The van der Waals surface area contributed by atoms with Crippen LogP contribution in [0.2, 0.25) is 0 Å². The lowest BCUT2D eigenvalue weighted by molar-refractivity contribution is 0.429. The molecule has 1 heterocycles. The second kappa shape index (κ2) is 4.72. The van der Waals surface area contributed by atoms with Crippen LogP contribution in [0.25, 0.3) is 10.9 Å². The average molecular weight is 264 g/mol. The molecular formula is C14H14F2N2O. The second-order valence-corrected chi connectivity index (χ2v) is 5.07. The molecule has 0 atom stereocenters. The standard InChI is InChI=1S/C14H14F2N2O/c15-9-6-10(16)12-11(7-9)17-13(18-14(12)19)8-4-2-1-3-5-8/h6-8H,1-5H2,(H,17,18,19). The molecule has 100 valence electrons. The number of hydrogen-bond donors (Lipinski definition) is 1. The molecule has 0 amide bonds. The van der Waals surface area contributed by atoms with Gasteiger partial charge < -0.3 is 4.98 Å². The summed E-state index contributed by atoms with van der Waals surface area (Å²) in [6.45, 7) is 0. The summed E-state index contributed by atoms with van der Waals surface area (Å²) in [6, 6.07) is 1.82. The number of hydrogen-bond acceptors (Lipinski definition) is 2. The number of fused-ring (bicyclic) bond motifs is 1. The molecule has 2 aromatic rings. The molecule has 1 aromatic heterocycles. The number of rotatable bonds is 1. The van der Waals surface area contributed by atoms with E-state index in [-0.39, 0.29) is 16.8 Å². The van der Waals surface area contributed by atoms with Gasteiger partial charge >= 0.3 is 0 Å². The molecule has 1 aromatic carbocycles. The minimum atomic E-state index is -0.862. The Morgan fingerprint density at radius 1 is 1.16 bits per heavy atom. The summed E-state index contributed by atoms with van der Waals surface area (Å²) in [5.74, 6) is -0.823. The van der Waals surface area contributed by atoms with Gasteiger partial charge in [-0.15, -0.1) is 0 Å². The highest BCUT2D eigenvalue weighted by Crippen LogP contribution is 2.30. The molecule has 3 nitrogen and oxygen atoms in total. The van der Waals surface area contributed by atoms with Gasteiger partial charge in [-0.05, 0) is 12.8 Å². The Kier molecular flexibility index (Phi) is 3.05. The molecule has 0 aliphatic heterocycles. The van der Waals surface area contributed by atoms with Crippen molar-refractivity contribution in [2.24, 2.45) is 0 Å². The van der Waals surface area contributed by atoms with E-state index in [0.29, 0.717) is 11.9 Å². The third-order valence-electron chi connectivity index (χ3n) is 3.74. The van der Waals surface area contributed by atoms with E-state index in [1.165, 1.54) is 6.42 Å². The van der Waals surface area contributed by atoms with Crippen molar-refractivity contribution in [3.05, 3.63) is 39.9 Å². The second-order valence-electron chi connectivity index (χ2n) is 5.07. The fourth-order valence-corrected chi connectivity index (χ4v) is 2.78. The SMILES string of the molecule is O=c1[nH]c(C2CCCCC2)nc2cc(F)cc(F)c12. The van der Waals surface area contributed by atoms with Crippen LogP contribution in [-0.4, -0.2) is 9.97 Å². The third kappa shape index (κ3) is 2.25. The molecule has 3 rings (SSSR count). The van der Waals surface area contributed by atoms with Gasteiger partial charge in [-0.3, -0.25) is 4.79 Å². The Hall–Kier alpha value is -1.78. The monoisotopic (exact) mass is 264 g/mol. The van der Waals surface area contributed by atoms with Gasteiger partial charge in [0.25, 0.3) is 5.56 Å². The molecule has 0 saturated heterocycles. The van der Waals surface area contributed by atoms with E-state index in [1.54, 1.807) is 0 Å². The summed E-state index contributed by atoms with van der Waals surface area (Å²) in [5.41, 5.74) is -0.426. The van der Waals surface area contributed by atoms with Gasteiger partial charge in [-0.2, -0.15) is 0 Å². The van der Waals surface area contributed by atoms with Crippen molar-refractivity contribution in [2.45, 2.75) is 38.0 Å². The zero-order valence-electron chi connectivity index (χ0n) is 10.4. The van der Waals surface area contributed by atoms with Crippen LogP contribution in [0.5, 0.6) is 0 Å². The number of aromatic nitrogens is 2. The summed E-state index contributed by atoms with van der Waals surface area (Å²) in [7, 11) is 0. The van der Waals surface area contributed by atoms with Crippen LogP contribution in [0.3, 0.4) is 0 Å². The van der Waals surface area contributed by atoms with Crippen molar-refractivity contribution in [3.8, 4) is 0 Å². The highest BCUT2D eigenvalue weighted by Gasteiger charge is 2.19. The van der Waals surface area contributed by atoms with Crippen LogP contribution >= 0.6 is 0 Å². The van der Waals surface area contributed by atoms with Crippen molar-refractivity contribution in [3.63, 3.8) is 0 Å². The van der Waals surface area contributed by atoms with Crippen LogP contribution in [-0.2, 0) is 0 Å². The summed E-state index contributed by atoms with van der Waals surface area (Å²) in [4.78, 5) is 18.8. The molecule has 1 aliphatic rings. The van der Waals surface area contributed by atoms with E-state index in [0.717, 1.165) is 31.7 Å².